The second-order valence-corrected chi connectivity index (χ2v) is 7.94. The SMILES string of the molecule is CC(=O)c1cccc(NC(=O)COc2ccc3c(=O)c(-c4ccc(Cl)cc4)c(C)oc3c2)c1. The average molecular weight is 462 g/mol. The van der Waals surface area contributed by atoms with Gasteiger partial charge in [-0.2, -0.15) is 0 Å². The van der Waals surface area contributed by atoms with Gasteiger partial charge in [0.05, 0.1) is 10.9 Å². The molecule has 1 heterocycles. The highest BCUT2D eigenvalue weighted by Gasteiger charge is 2.14. The van der Waals surface area contributed by atoms with Gasteiger partial charge in [-0.15, -0.1) is 0 Å². The number of nitrogens with one attached hydrogen (secondary N) is 1. The second-order valence-electron chi connectivity index (χ2n) is 7.50. The van der Waals surface area contributed by atoms with Crippen molar-refractivity contribution in [1.29, 1.82) is 0 Å². The summed E-state index contributed by atoms with van der Waals surface area (Å²) in [5, 5.41) is 3.68. The van der Waals surface area contributed by atoms with Gasteiger partial charge in [-0.05, 0) is 55.8 Å². The number of rotatable bonds is 6. The smallest absolute Gasteiger partial charge is 0.262 e. The fraction of sp³-hybridized carbons (Fsp3) is 0.115. The van der Waals surface area contributed by atoms with E-state index in [-0.39, 0.29) is 23.7 Å². The zero-order valence-corrected chi connectivity index (χ0v) is 18.7. The van der Waals surface area contributed by atoms with E-state index in [0.29, 0.717) is 44.3 Å². The van der Waals surface area contributed by atoms with Gasteiger partial charge in [0.15, 0.2) is 12.4 Å². The highest BCUT2D eigenvalue weighted by atomic mass is 35.5. The van der Waals surface area contributed by atoms with Crippen LogP contribution in [0.3, 0.4) is 0 Å². The lowest BCUT2D eigenvalue weighted by Crippen LogP contribution is -2.20. The Kier molecular flexibility index (Phi) is 6.29. The van der Waals surface area contributed by atoms with Gasteiger partial charge in [0.25, 0.3) is 5.91 Å². The molecular weight excluding hydrogens is 442 g/mol. The molecule has 33 heavy (non-hydrogen) atoms. The fourth-order valence-electron chi connectivity index (χ4n) is 3.49. The van der Waals surface area contributed by atoms with Crippen molar-refractivity contribution < 1.29 is 18.7 Å². The molecule has 0 saturated heterocycles. The lowest BCUT2D eigenvalue weighted by molar-refractivity contribution is -0.118. The Morgan fingerprint density at radius 1 is 1.03 bits per heavy atom. The van der Waals surface area contributed by atoms with Crippen LogP contribution in [-0.2, 0) is 4.79 Å². The van der Waals surface area contributed by atoms with Crippen LogP contribution < -0.4 is 15.5 Å². The summed E-state index contributed by atoms with van der Waals surface area (Å²) in [6, 6.07) is 18.5. The monoisotopic (exact) mass is 461 g/mol. The summed E-state index contributed by atoms with van der Waals surface area (Å²) in [4.78, 5) is 36.8. The van der Waals surface area contributed by atoms with Gasteiger partial charge in [0.2, 0.25) is 5.43 Å². The van der Waals surface area contributed by atoms with Crippen molar-refractivity contribution in [1.82, 2.24) is 0 Å². The van der Waals surface area contributed by atoms with Gasteiger partial charge in [-0.25, -0.2) is 0 Å². The maximum atomic E-state index is 13.1. The maximum Gasteiger partial charge on any atom is 0.262 e. The largest absolute Gasteiger partial charge is 0.484 e. The summed E-state index contributed by atoms with van der Waals surface area (Å²) in [6.45, 7) is 2.94. The first-order valence-electron chi connectivity index (χ1n) is 10.2. The standard InChI is InChI=1S/C26H20ClNO5/c1-15(29)18-4-3-5-20(12-18)28-24(30)14-32-21-10-11-22-23(13-21)33-16(2)25(26(22)31)17-6-8-19(27)9-7-17/h3-13H,14H2,1-2H3,(H,28,30). The number of Topliss-reactive ketones (excluding diaryl/α,β-unsaturated/α-hetero) is 1. The van der Waals surface area contributed by atoms with E-state index in [4.69, 9.17) is 20.8 Å². The number of ether oxygens (including phenoxy) is 1. The molecule has 0 aliphatic carbocycles. The number of hydrogen-bond acceptors (Lipinski definition) is 5. The summed E-state index contributed by atoms with van der Waals surface area (Å²) in [5.74, 6) is 0.382. The predicted molar refractivity (Wildman–Crippen MR) is 128 cm³/mol. The van der Waals surface area contributed by atoms with Gasteiger partial charge >= 0.3 is 0 Å². The molecule has 4 aromatic rings. The molecule has 4 rings (SSSR count). The van der Waals surface area contributed by atoms with E-state index in [1.807, 2.05) is 0 Å². The van der Waals surface area contributed by atoms with E-state index >= 15 is 0 Å². The molecule has 0 radical (unpaired) electrons. The van der Waals surface area contributed by atoms with Gasteiger partial charge in [-0.1, -0.05) is 35.9 Å². The topological polar surface area (TPSA) is 85.6 Å². The van der Waals surface area contributed by atoms with Crippen LogP contribution in [0, 0.1) is 6.92 Å². The molecule has 0 atom stereocenters. The molecule has 0 saturated carbocycles. The Labute approximate surface area is 194 Å². The fourth-order valence-corrected chi connectivity index (χ4v) is 3.61. The molecule has 166 valence electrons. The third-order valence-corrected chi connectivity index (χ3v) is 5.35. The number of benzene rings is 3. The quantitative estimate of drug-likeness (QED) is 0.375. The predicted octanol–water partition coefficient (Wildman–Crippen LogP) is 5.64. The average Bonchev–Trinajstić information content (AvgIpc) is 2.79. The van der Waals surface area contributed by atoms with E-state index in [2.05, 4.69) is 5.32 Å². The number of ketones is 1. The number of amides is 1. The van der Waals surface area contributed by atoms with E-state index in [1.54, 1.807) is 73.7 Å². The van der Waals surface area contributed by atoms with Gasteiger partial charge in [-0.3, -0.25) is 14.4 Å². The molecule has 1 aromatic heterocycles. The van der Waals surface area contributed by atoms with Gasteiger partial charge in [0, 0.05) is 22.3 Å². The number of carbonyl (C=O) groups excluding carboxylic acids is 2. The van der Waals surface area contributed by atoms with Gasteiger partial charge in [0.1, 0.15) is 17.1 Å². The first-order chi connectivity index (χ1) is 15.8. The van der Waals surface area contributed by atoms with Crippen molar-refractivity contribution in [3.63, 3.8) is 0 Å². The highest BCUT2D eigenvalue weighted by Crippen LogP contribution is 2.27. The number of halogens is 1. The Morgan fingerprint density at radius 2 is 1.79 bits per heavy atom. The molecule has 0 spiro atoms. The molecule has 7 heteroatoms. The molecule has 1 amide bonds. The van der Waals surface area contributed by atoms with E-state index < -0.39 is 0 Å². The van der Waals surface area contributed by atoms with Crippen LogP contribution in [0.15, 0.2) is 75.9 Å². The second kappa shape index (κ2) is 9.30. The highest BCUT2D eigenvalue weighted by molar-refractivity contribution is 6.30. The van der Waals surface area contributed by atoms with Crippen LogP contribution in [0.1, 0.15) is 23.0 Å². The third-order valence-electron chi connectivity index (χ3n) is 5.10. The van der Waals surface area contributed by atoms with Crippen molar-refractivity contribution >= 4 is 39.9 Å². The van der Waals surface area contributed by atoms with Crippen molar-refractivity contribution in [2.24, 2.45) is 0 Å². The number of anilines is 1. The molecule has 0 bridgehead atoms. The number of carbonyl (C=O) groups is 2. The summed E-state index contributed by atoms with van der Waals surface area (Å²) < 4.78 is 11.5. The minimum Gasteiger partial charge on any atom is -0.484 e. The van der Waals surface area contributed by atoms with Crippen molar-refractivity contribution in [2.45, 2.75) is 13.8 Å². The number of fused-ring (bicyclic) bond motifs is 1. The first-order valence-corrected chi connectivity index (χ1v) is 10.6. The Balaban J connectivity index is 1.51. The lowest BCUT2D eigenvalue weighted by Gasteiger charge is -2.10. The molecule has 0 aliphatic rings. The first kappa shape index (κ1) is 22.3. The summed E-state index contributed by atoms with van der Waals surface area (Å²) in [7, 11) is 0. The number of aryl methyl sites for hydroxylation is 1. The normalized spacial score (nSPS) is 10.8. The summed E-state index contributed by atoms with van der Waals surface area (Å²) in [5.41, 5.74) is 2.41. The van der Waals surface area contributed by atoms with Gasteiger partial charge < -0.3 is 14.5 Å². The van der Waals surface area contributed by atoms with E-state index in [0.717, 1.165) is 5.56 Å². The van der Waals surface area contributed by atoms with E-state index in [9.17, 15) is 14.4 Å². The molecule has 0 fully saturated rings. The number of hydrogen-bond donors (Lipinski definition) is 1. The van der Waals surface area contributed by atoms with Crippen LogP contribution in [0.2, 0.25) is 5.02 Å². The minimum absolute atomic E-state index is 0.0884. The Morgan fingerprint density at radius 3 is 2.52 bits per heavy atom. The van der Waals surface area contributed by atoms with Crippen molar-refractivity contribution in [3.8, 4) is 16.9 Å². The molecule has 3 aromatic carbocycles. The van der Waals surface area contributed by atoms with Crippen molar-refractivity contribution in [2.75, 3.05) is 11.9 Å². The Bertz CT molecular complexity index is 1420. The van der Waals surface area contributed by atoms with E-state index in [1.165, 1.54) is 6.92 Å². The molecule has 0 aliphatic heterocycles. The van der Waals surface area contributed by atoms with Crippen LogP contribution in [-0.4, -0.2) is 18.3 Å². The Hall–Kier alpha value is -3.90. The molecule has 0 unspecified atom stereocenters. The van der Waals surface area contributed by atoms with Crippen LogP contribution in [0.4, 0.5) is 5.69 Å². The zero-order valence-electron chi connectivity index (χ0n) is 18.0. The maximum absolute atomic E-state index is 13.1. The zero-order chi connectivity index (χ0) is 23.5. The molecule has 1 N–H and O–H groups in total. The van der Waals surface area contributed by atoms with Crippen LogP contribution >= 0.6 is 11.6 Å². The minimum atomic E-state index is -0.383. The van der Waals surface area contributed by atoms with Crippen LogP contribution in [0.25, 0.3) is 22.1 Å². The molecule has 6 nitrogen and oxygen atoms in total. The van der Waals surface area contributed by atoms with Crippen LogP contribution in [0.5, 0.6) is 5.75 Å². The lowest BCUT2D eigenvalue weighted by atomic mass is 10.0. The molecular formula is C26H20ClNO5. The summed E-state index contributed by atoms with van der Waals surface area (Å²) in [6.07, 6.45) is 0. The summed E-state index contributed by atoms with van der Waals surface area (Å²) >= 11 is 5.95. The third kappa shape index (κ3) is 4.96. The van der Waals surface area contributed by atoms with Crippen molar-refractivity contribution in [3.05, 3.63) is 93.3 Å².